The molecule has 0 atom stereocenters. The summed E-state index contributed by atoms with van der Waals surface area (Å²) in [6.45, 7) is 1.25. The number of amides is 1. The van der Waals surface area contributed by atoms with Crippen molar-refractivity contribution in [2.45, 2.75) is 23.6 Å². The Morgan fingerprint density at radius 2 is 1.57 bits per heavy atom. The second-order valence-corrected chi connectivity index (χ2v) is 9.01. The fraction of sp³-hybridized carbons (Fsp3) is 0.174. The molecule has 1 aliphatic heterocycles. The van der Waals surface area contributed by atoms with E-state index in [1.165, 1.54) is 11.1 Å². The van der Waals surface area contributed by atoms with Crippen LogP contribution in [-0.2, 0) is 28.6 Å². The Morgan fingerprint density at radius 1 is 0.857 bits per heavy atom. The Kier molecular flexibility index (Phi) is 5.01. The average molecular weight is 391 g/mol. The fourth-order valence-electron chi connectivity index (χ4n) is 3.58. The summed E-state index contributed by atoms with van der Waals surface area (Å²) in [7, 11) is -3.45. The van der Waals surface area contributed by atoms with Gasteiger partial charge in [-0.2, -0.15) is 0 Å². The molecule has 3 aromatic rings. The van der Waals surface area contributed by atoms with Crippen molar-refractivity contribution in [2.75, 3.05) is 6.54 Å². The lowest BCUT2D eigenvalue weighted by Gasteiger charge is -2.29. The first-order valence-electron chi connectivity index (χ1n) is 9.26. The van der Waals surface area contributed by atoms with E-state index in [2.05, 4.69) is 12.1 Å². The van der Waals surface area contributed by atoms with Crippen LogP contribution in [0.4, 0.5) is 0 Å². The molecular formula is C23H21NO3S. The molecule has 5 heteroatoms. The summed E-state index contributed by atoms with van der Waals surface area (Å²) >= 11 is 0. The monoisotopic (exact) mass is 391 g/mol. The van der Waals surface area contributed by atoms with Gasteiger partial charge in [-0.3, -0.25) is 4.79 Å². The zero-order valence-corrected chi connectivity index (χ0v) is 16.2. The molecule has 1 amide bonds. The molecule has 4 rings (SSSR count). The van der Waals surface area contributed by atoms with Gasteiger partial charge in [-0.1, -0.05) is 54.6 Å². The van der Waals surface area contributed by atoms with Crippen molar-refractivity contribution in [3.05, 3.63) is 101 Å². The number of sulfone groups is 1. The quantitative estimate of drug-likeness (QED) is 0.679. The fourth-order valence-corrected chi connectivity index (χ4v) is 4.93. The normalized spacial score (nSPS) is 13.8. The Balaban J connectivity index is 1.53. The Labute approximate surface area is 165 Å². The van der Waals surface area contributed by atoms with Gasteiger partial charge in [-0.15, -0.1) is 0 Å². The van der Waals surface area contributed by atoms with Gasteiger partial charge < -0.3 is 4.90 Å². The van der Waals surface area contributed by atoms with E-state index in [-0.39, 0.29) is 11.7 Å². The SMILES string of the molecule is O=C(c1cccc(CS(=O)(=O)c2ccccc2)c1)N1CCc2ccccc2C1. The van der Waals surface area contributed by atoms with Crippen LogP contribution in [0.15, 0.2) is 83.8 Å². The number of fused-ring (bicyclic) bond motifs is 1. The molecule has 0 aromatic heterocycles. The number of benzene rings is 3. The van der Waals surface area contributed by atoms with E-state index >= 15 is 0 Å². The molecule has 0 radical (unpaired) electrons. The lowest BCUT2D eigenvalue weighted by atomic mass is 9.99. The molecule has 3 aromatic carbocycles. The maximum Gasteiger partial charge on any atom is 0.254 e. The molecule has 1 heterocycles. The van der Waals surface area contributed by atoms with Gasteiger partial charge in [0.1, 0.15) is 0 Å². The van der Waals surface area contributed by atoms with Gasteiger partial charge in [0, 0.05) is 18.7 Å². The van der Waals surface area contributed by atoms with Crippen LogP contribution in [0.1, 0.15) is 27.0 Å². The maximum atomic E-state index is 13.0. The third kappa shape index (κ3) is 3.85. The Hall–Kier alpha value is -2.92. The topological polar surface area (TPSA) is 54.5 Å². The maximum absolute atomic E-state index is 13.0. The van der Waals surface area contributed by atoms with E-state index in [1.807, 2.05) is 17.0 Å². The minimum atomic E-state index is -3.45. The van der Waals surface area contributed by atoms with Crippen LogP contribution in [0.2, 0.25) is 0 Å². The Morgan fingerprint density at radius 3 is 2.36 bits per heavy atom. The van der Waals surface area contributed by atoms with Gasteiger partial charge in [0.2, 0.25) is 0 Å². The van der Waals surface area contributed by atoms with Crippen molar-refractivity contribution in [3.8, 4) is 0 Å². The summed E-state index contributed by atoms with van der Waals surface area (Å²) in [5, 5.41) is 0. The number of rotatable bonds is 4. The summed E-state index contributed by atoms with van der Waals surface area (Å²) in [5.41, 5.74) is 3.60. The molecular weight excluding hydrogens is 370 g/mol. The molecule has 28 heavy (non-hydrogen) atoms. The standard InChI is InChI=1S/C23H21NO3S/c25-23(24-14-13-19-8-4-5-9-21(19)16-24)20-10-6-7-18(15-20)17-28(26,27)22-11-2-1-3-12-22/h1-12,15H,13-14,16-17H2. The molecule has 0 saturated carbocycles. The average Bonchev–Trinajstić information content (AvgIpc) is 2.73. The van der Waals surface area contributed by atoms with Crippen LogP contribution < -0.4 is 0 Å². The second kappa shape index (κ2) is 7.60. The summed E-state index contributed by atoms with van der Waals surface area (Å²) in [4.78, 5) is 15.1. The van der Waals surface area contributed by atoms with Crippen LogP contribution >= 0.6 is 0 Å². The lowest BCUT2D eigenvalue weighted by Crippen LogP contribution is -2.35. The second-order valence-electron chi connectivity index (χ2n) is 7.02. The zero-order valence-electron chi connectivity index (χ0n) is 15.4. The molecule has 0 saturated heterocycles. The highest BCUT2D eigenvalue weighted by Crippen LogP contribution is 2.22. The third-order valence-electron chi connectivity index (χ3n) is 5.05. The lowest BCUT2D eigenvalue weighted by molar-refractivity contribution is 0.0734. The molecule has 1 aliphatic rings. The minimum Gasteiger partial charge on any atom is -0.334 e. The molecule has 4 nitrogen and oxygen atoms in total. The first kappa shape index (κ1) is 18.4. The molecule has 0 fully saturated rings. The largest absolute Gasteiger partial charge is 0.334 e. The summed E-state index contributed by atoms with van der Waals surface area (Å²) in [5.74, 6) is -0.186. The molecule has 0 unspecified atom stereocenters. The van der Waals surface area contributed by atoms with Crippen LogP contribution in [0.25, 0.3) is 0 Å². The van der Waals surface area contributed by atoms with E-state index in [1.54, 1.807) is 54.6 Å². The van der Waals surface area contributed by atoms with Crippen molar-refractivity contribution < 1.29 is 13.2 Å². The predicted molar refractivity (Wildman–Crippen MR) is 109 cm³/mol. The molecule has 0 bridgehead atoms. The van der Waals surface area contributed by atoms with Gasteiger partial charge in [0.25, 0.3) is 5.91 Å². The van der Waals surface area contributed by atoms with E-state index in [4.69, 9.17) is 0 Å². The molecule has 0 spiro atoms. The number of hydrogen-bond acceptors (Lipinski definition) is 3. The van der Waals surface area contributed by atoms with Gasteiger partial charge in [-0.05, 0) is 47.4 Å². The number of nitrogens with zero attached hydrogens (tertiary/aromatic N) is 1. The first-order chi connectivity index (χ1) is 13.5. The number of carbonyl (C=O) groups excluding carboxylic acids is 1. The molecule has 0 aliphatic carbocycles. The minimum absolute atomic E-state index is 0.0616. The number of carbonyl (C=O) groups is 1. The first-order valence-corrected chi connectivity index (χ1v) is 10.9. The third-order valence-corrected chi connectivity index (χ3v) is 6.75. The highest BCUT2D eigenvalue weighted by Gasteiger charge is 2.22. The Bertz CT molecular complexity index is 1110. The molecule has 0 N–H and O–H groups in total. The van der Waals surface area contributed by atoms with E-state index in [0.29, 0.717) is 29.1 Å². The van der Waals surface area contributed by atoms with E-state index in [0.717, 1.165) is 6.42 Å². The summed E-state index contributed by atoms with van der Waals surface area (Å²) < 4.78 is 25.3. The number of hydrogen-bond donors (Lipinski definition) is 0. The summed E-state index contributed by atoms with van der Waals surface area (Å²) in [6, 6.07) is 23.5. The van der Waals surface area contributed by atoms with Crippen molar-refractivity contribution in [1.82, 2.24) is 4.90 Å². The highest BCUT2D eigenvalue weighted by molar-refractivity contribution is 7.90. The predicted octanol–water partition coefficient (Wildman–Crippen LogP) is 3.86. The van der Waals surface area contributed by atoms with Gasteiger partial charge in [0.15, 0.2) is 9.84 Å². The van der Waals surface area contributed by atoms with Crippen LogP contribution in [0, 0.1) is 0 Å². The van der Waals surface area contributed by atoms with Crippen LogP contribution in [-0.4, -0.2) is 25.8 Å². The van der Waals surface area contributed by atoms with Crippen LogP contribution in [0.3, 0.4) is 0 Å². The van der Waals surface area contributed by atoms with Gasteiger partial charge >= 0.3 is 0 Å². The smallest absolute Gasteiger partial charge is 0.254 e. The van der Waals surface area contributed by atoms with Crippen molar-refractivity contribution in [2.24, 2.45) is 0 Å². The van der Waals surface area contributed by atoms with Gasteiger partial charge in [0.05, 0.1) is 10.6 Å². The van der Waals surface area contributed by atoms with Crippen molar-refractivity contribution >= 4 is 15.7 Å². The van der Waals surface area contributed by atoms with Crippen molar-refractivity contribution in [1.29, 1.82) is 0 Å². The van der Waals surface area contributed by atoms with E-state index in [9.17, 15) is 13.2 Å². The van der Waals surface area contributed by atoms with Crippen molar-refractivity contribution in [3.63, 3.8) is 0 Å². The molecule has 142 valence electrons. The van der Waals surface area contributed by atoms with Gasteiger partial charge in [-0.25, -0.2) is 8.42 Å². The van der Waals surface area contributed by atoms with Crippen LogP contribution in [0.5, 0.6) is 0 Å². The summed E-state index contributed by atoms with van der Waals surface area (Å²) in [6.07, 6.45) is 0.837. The van der Waals surface area contributed by atoms with E-state index < -0.39 is 9.84 Å². The highest BCUT2D eigenvalue weighted by atomic mass is 32.2. The zero-order chi connectivity index (χ0) is 19.6.